The van der Waals surface area contributed by atoms with Crippen LogP contribution in [0, 0.1) is 0 Å². The number of halogens is 2. The molecule has 78 heavy (non-hydrogen) atoms. The van der Waals surface area contributed by atoms with Crippen molar-refractivity contribution in [2.75, 3.05) is 27.9 Å². The highest BCUT2D eigenvalue weighted by molar-refractivity contribution is 6.35. The number of fused-ring (bicyclic) bond motifs is 2. The van der Waals surface area contributed by atoms with Crippen molar-refractivity contribution < 1.29 is 23.9 Å². The standard InChI is InChI=1S/C32H27ClN4O3.C30H24ClN5O2/c1-2-40-28(39)19-27(38)36-23-14-8-12-22(18-23)29-26-16-9-15-25(21-10-4-3-5-11-21)30(26)32(37-31(29)33)35-20-24-13-6-7-17-34-24;31-29-27(20-10-6-12-21(16-20)35-26(38)17-25(32)37)24-14-7-13-23(19-8-2-1-3-9-19)28(24)30(36-29)34-18-22-11-4-5-15-33-22/h3-18H,2,19-20H2,1H3,(H,35,37)(H,36,38);1-16H,17-18H2,(H2,32,37)(H,34,36)(H,35,38). The van der Waals surface area contributed by atoms with Crippen LogP contribution in [0.25, 0.3) is 66.1 Å². The summed E-state index contributed by atoms with van der Waals surface area (Å²) in [5.41, 5.74) is 15.1. The lowest BCUT2D eigenvalue weighted by molar-refractivity contribution is -0.145. The van der Waals surface area contributed by atoms with E-state index < -0.39 is 30.1 Å². The second-order valence-corrected chi connectivity index (χ2v) is 18.4. The van der Waals surface area contributed by atoms with Crippen molar-refractivity contribution in [3.63, 3.8) is 0 Å². The number of carbonyl (C=O) groups is 4. The average molecular weight is 1070 g/mol. The lowest BCUT2D eigenvalue weighted by Crippen LogP contribution is -2.21. The molecule has 388 valence electrons. The van der Waals surface area contributed by atoms with Gasteiger partial charge < -0.3 is 31.7 Å². The van der Waals surface area contributed by atoms with E-state index in [1.165, 1.54) is 0 Å². The zero-order valence-corrected chi connectivity index (χ0v) is 43.7. The number of rotatable bonds is 17. The molecule has 4 heterocycles. The van der Waals surface area contributed by atoms with E-state index in [9.17, 15) is 19.2 Å². The van der Waals surface area contributed by atoms with Gasteiger partial charge in [-0.25, -0.2) is 9.97 Å². The fraction of sp³-hybridized carbons (Fsp3) is 0.0968. The van der Waals surface area contributed by atoms with E-state index in [-0.39, 0.29) is 13.0 Å². The molecule has 10 aromatic rings. The normalized spacial score (nSPS) is 10.8. The number of ether oxygens (including phenoxy) is 1. The van der Waals surface area contributed by atoms with Gasteiger partial charge in [-0.15, -0.1) is 0 Å². The summed E-state index contributed by atoms with van der Waals surface area (Å²) < 4.78 is 4.88. The Balaban J connectivity index is 0.000000190. The number of hydrogen-bond acceptors (Lipinski definition) is 11. The van der Waals surface area contributed by atoms with Crippen molar-refractivity contribution in [2.24, 2.45) is 5.73 Å². The summed E-state index contributed by atoms with van der Waals surface area (Å²) in [6.45, 7) is 2.87. The van der Waals surface area contributed by atoms with Gasteiger partial charge in [0.1, 0.15) is 34.8 Å². The molecule has 0 radical (unpaired) electrons. The first-order valence-electron chi connectivity index (χ1n) is 24.9. The first-order chi connectivity index (χ1) is 38.0. The van der Waals surface area contributed by atoms with Gasteiger partial charge in [-0.3, -0.25) is 29.1 Å². The number of nitrogens with two attached hydrogens (primary N) is 1. The van der Waals surface area contributed by atoms with Crippen molar-refractivity contribution in [2.45, 2.75) is 32.9 Å². The van der Waals surface area contributed by atoms with Crippen LogP contribution < -0.4 is 27.0 Å². The highest BCUT2D eigenvalue weighted by Gasteiger charge is 2.21. The number of benzene rings is 6. The number of amides is 3. The number of primary amides is 1. The molecule has 0 aliphatic heterocycles. The molecular formula is C62H51Cl2N9O5. The highest BCUT2D eigenvalue weighted by atomic mass is 35.5. The Labute approximate surface area is 460 Å². The van der Waals surface area contributed by atoms with Gasteiger partial charge in [-0.2, -0.15) is 0 Å². The molecule has 3 amide bonds. The van der Waals surface area contributed by atoms with Crippen LogP contribution in [0.1, 0.15) is 31.2 Å². The Morgan fingerprint density at radius 3 is 1.35 bits per heavy atom. The number of aromatic nitrogens is 4. The van der Waals surface area contributed by atoms with Crippen LogP contribution in [-0.2, 0) is 37.0 Å². The number of anilines is 4. The van der Waals surface area contributed by atoms with E-state index in [2.05, 4.69) is 67.6 Å². The van der Waals surface area contributed by atoms with Crippen LogP contribution in [-0.4, -0.2) is 50.2 Å². The second kappa shape index (κ2) is 25.4. The molecular weight excluding hydrogens is 1020 g/mol. The summed E-state index contributed by atoms with van der Waals surface area (Å²) in [7, 11) is 0. The predicted octanol–water partition coefficient (Wildman–Crippen LogP) is 13.2. The van der Waals surface area contributed by atoms with E-state index in [0.717, 1.165) is 77.4 Å². The third-order valence-electron chi connectivity index (χ3n) is 12.3. The third kappa shape index (κ3) is 13.1. The molecule has 0 saturated carbocycles. The maximum absolute atomic E-state index is 12.4. The van der Waals surface area contributed by atoms with Gasteiger partial charge >= 0.3 is 5.97 Å². The predicted molar refractivity (Wildman–Crippen MR) is 311 cm³/mol. The minimum Gasteiger partial charge on any atom is -0.466 e. The Morgan fingerprint density at radius 1 is 0.500 bits per heavy atom. The summed E-state index contributed by atoms with van der Waals surface area (Å²) in [5, 5.41) is 16.6. The summed E-state index contributed by atoms with van der Waals surface area (Å²) >= 11 is 13.7. The van der Waals surface area contributed by atoms with Gasteiger partial charge in [-0.1, -0.05) is 157 Å². The lowest BCUT2D eigenvalue weighted by Gasteiger charge is -2.18. The molecule has 0 saturated heterocycles. The third-order valence-corrected chi connectivity index (χ3v) is 12.8. The second-order valence-electron chi connectivity index (χ2n) is 17.7. The number of pyridine rings is 4. The van der Waals surface area contributed by atoms with Gasteiger partial charge in [0, 0.05) is 45.7 Å². The maximum Gasteiger partial charge on any atom is 0.315 e. The molecule has 6 aromatic carbocycles. The Kier molecular flexibility index (Phi) is 17.3. The number of hydrogen-bond donors (Lipinski definition) is 5. The van der Waals surface area contributed by atoms with E-state index in [1.807, 2.05) is 127 Å². The summed E-state index contributed by atoms with van der Waals surface area (Å²) in [6.07, 6.45) is 2.75. The van der Waals surface area contributed by atoms with E-state index >= 15 is 0 Å². The number of carbonyl (C=O) groups excluding carboxylic acids is 4. The molecule has 0 fully saturated rings. The summed E-state index contributed by atoms with van der Waals surface area (Å²) in [6, 6.07) is 58.4. The zero-order valence-electron chi connectivity index (χ0n) is 42.2. The molecule has 0 aliphatic carbocycles. The van der Waals surface area contributed by atoms with Gasteiger partial charge in [0.2, 0.25) is 17.7 Å². The number of esters is 1. The quantitative estimate of drug-likeness (QED) is 0.0330. The first-order valence-corrected chi connectivity index (χ1v) is 25.7. The van der Waals surface area contributed by atoms with Crippen LogP contribution >= 0.6 is 23.2 Å². The summed E-state index contributed by atoms with van der Waals surface area (Å²) in [4.78, 5) is 65.8. The Bertz CT molecular complexity index is 3780. The summed E-state index contributed by atoms with van der Waals surface area (Å²) in [5.74, 6) is -0.914. The number of nitrogens with zero attached hydrogens (tertiary/aromatic N) is 4. The molecule has 0 spiro atoms. The maximum atomic E-state index is 12.4. The molecule has 14 nitrogen and oxygen atoms in total. The largest absolute Gasteiger partial charge is 0.466 e. The first kappa shape index (κ1) is 53.3. The average Bonchev–Trinajstić information content (AvgIpc) is 3.63. The fourth-order valence-corrected chi connectivity index (χ4v) is 9.56. The van der Waals surface area contributed by atoms with Crippen LogP contribution in [0.4, 0.5) is 23.0 Å². The SMILES string of the molecule is CCOC(=O)CC(=O)Nc1cccc(-c2c(Cl)nc(NCc3ccccn3)c3c(-c4ccccc4)cccc23)c1.NC(=O)CC(=O)Nc1cccc(-c2c(Cl)nc(NCc3ccccn3)c3c(-c4ccccc4)cccc23)c1. The minimum absolute atomic E-state index is 0.220. The number of nitrogens with one attached hydrogen (secondary N) is 4. The Morgan fingerprint density at radius 2 is 0.923 bits per heavy atom. The highest BCUT2D eigenvalue weighted by Crippen LogP contribution is 2.44. The molecule has 16 heteroatoms. The molecule has 0 unspecified atom stereocenters. The van der Waals surface area contributed by atoms with Crippen molar-refractivity contribution in [1.29, 1.82) is 0 Å². The van der Waals surface area contributed by atoms with Crippen LogP contribution in [0.3, 0.4) is 0 Å². The van der Waals surface area contributed by atoms with Gasteiger partial charge in [0.05, 0.1) is 31.1 Å². The minimum atomic E-state index is -0.695. The molecule has 10 rings (SSSR count). The van der Waals surface area contributed by atoms with Gasteiger partial charge in [0.25, 0.3) is 0 Å². The van der Waals surface area contributed by atoms with Crippen LogP contribution in [0.15, 0.2) is 194 Å². The molecule has 0 aliphatic rings. The van der Waals surface area contributed by atoms with E-state index in [0.29, 0.717) is 46.4 Å². The molecule has 4 aromatic heterocycles. The van der Waals surface area contributed by atoms with Crippen molar-refractivity contribution in [3.05, 3.63) is 216 Å². The van der Waals surface area contributed by atoms with Crippen LogP contribution in [0.5, 0.6) is 0 Å². The lowest BCUT2D eigenvalue weighted by atomic mass is 9.94. The Hall–Kier alpha value is -9.50. The van der Waals surface area contributed by atoms with Crippen LogP contribution in [0.2, 0.25) is 10.3 Å². The van der Waals surface area contributed by atoms with E-state index in [1.54, 1.807) is 37.5 Å². The van der Waals surface area contributed by atoms with Crippen molar-refractivity contribution >= 4 is 91.4 Å². The topological polar surface area (TPSA) is 203 Å². The zero-order chi connectivity index (χ0) is 54.4. The van der Waals surface area contributed by atoms with Crippen molar-refractivity contribution in [3.8, 4) is 44.5 Å². The van der Waals surface area contributed by atoms with Gasteiger partial charge in [-0.05, 0) is 99.6 Å². The molecule has 0 atom stereocenters. The molecule has 0 bridgehead atoms. The smallest absolute Gasteiger partial charge is 0.315 e. The van der Waals surface area contributed by atoms with Crippen molar-refractivity contribution in [1.82, 2.24) is 19.9 Å². The van der Waals surface area contributed by atoms with Gasteiger partial charge in [0.15, 0.2) is 0 Å². The fourth-order valence-electron chi connectivity index (χ4n) is 8.97. The molecule has 6 N–H and O–H groups in total. The van der Waals surface area contributed by atoms with E-state index in [4.69, 9.17) is 43.6 Å². The monoisotopic (exact) mass is 1070 g/mol.